The summed E-state index contributed by atoms with van der Waals surface area (Å²) in [6, 6.07) is 7.30. The number of fused-ring (bicyclic) bond motifs is 1. The molecule has 106 valence electrons. The molecule has 0 spiro atoms. The van der Waals surface area contributed by atoms with Crippen LogP contribution in [0.2, 0.25) is 0 Å². The summed E-state index contributed by atoms with van der Waals surface area (Å²) in [5.74, 6) is 0. The van der Waals surface area contributed by atoms with Crippen molar-refractivity contribution in [1.29, 1.82) is 0 Å². The zero-order valence-corrected chi connectivity index (χ0v) is 12.7. The van der Waals surface area contributed by atoms with Gasteiger partial charge in [-0.1, -0.05) is 25.1 Å². The third-order valence-electron chi connectivity index (χ3n) is 3.97. The maximum absolute atomic E-state index is 3.54. The van der Waals surface area contributed by atoms with Crippen molar-refractivity contribution in [2.75, 3.05) is 39.0 Å². The van der Waals surface area contributed by atoms with Gasteiger partial charge in [0.05, 0.1) is 0 Å². The molecule has 0 radical (unpaired) electrons. The summed E-state index contributed by atoms with van der Waals surface area (Å²) >= 11 is 0. The number of anilines is 1. The van der Waals surface area contributed by atoms with E-state index in [1.807, 2.05) is 0 Å². The highest BCUT2D eigenvalue weighted by molar-refractivity contribution is 5.61. The second-order valence-corrected chi connectivity index (χ2v) is 5.80. The largest absolute Gasteiger partial charge is 0.384 e. The normalized spacial score (nSPS) is 15.7. The topological polar surface area (TPSA) is 18.5 Å². The minimum Gasteiger partial charge on any atom is -0.384 e. The molecule has 0 aromatic heterocycles. The lowest BCUT2D eigenvalue weighted by Gasteiger charge is -2.30. The molecular weight excluding hydrogens is 234 g/mol. The van der Waals surface area contributed by atoms with Crippen LogP contribution in [-0.2, 0) is 13.0 Å². The third kappa shape index (κ3) is 3.48. The Kier molecular flexibility index (Phi) is 4.83. The number of nitrogens with zero attached hydrogens (tertiary/aromatic N) is 2. The Bertz CT molecular complexity index is 414. The van der Waals surface area contributed by atoms with Crippen LogP contribution in [0.25, 0.3) is 0 Å². The summed E-state index contributed by atoms with van der Waals surface area (Å²) in [5, 5.41) is 3.54. The highest BCUT2D eigenvalue weighted by atomic mass is 15.2. The second-order valence-electron chi connectivity index (χ2n) is 5.80. The maximum atomic E-state index is 3.54. The molecule has 1 heterocycles. The fraction of sp³-hybridized carbons (Fsp3) is 0.625. The number of benzene rings is 1. The Morgan fingerprint density at radius 1 is 1.32 bits per heavy atom. The van der Waals surface area contributed by atoms with Crippen LogP contribution < -0.4 is 5.32 Å². The van der Waals surface area contributed by atoms with Gasteiger partial charge >= 0.3 is 0 Å². The van der Waals surface area contributed by atoms with Crippen molar-refractivity contribution in [3.63, 3.8) is 0 Å². The quantitative estimate of drug-likeness (QED) is 0.848. The molecule has 2 rings (SSSR count). The van der Waals surface area contributed by atoms with Gasteiger partial charge in [0.25, 0.3) is 0 Å². The number of likely N-dealkylation sites (N-methyl/N-ethyl adjacent to an activating group) is 2. The van der Waals surface area contributed by atoms with Crippen molar-refractivity contribution in [2.45, 2.75) is 32.9 Å². The van der Waals surface area contributed by atoms with Crippen molar-refractivity contribution >= 4 is 5.69 Å². The van der Waals surface area contributed by atoms with Gasteiger partial charge in [-0.3, -0.25) is 4.90 Å². The van der Waals surface area contributed by atoms with Crippen molar-refractivity contribution in [3.8, 4) is 0 Å². The molecule has 1 aliphatic heterocycles. The fourth-order valence-electron chi connectivity index (χ4n) is 2.98. The van der Waals surface area contributed by atoms with Crippen LogP contribution in [0.1, 0.15) is 25.0 Å². The molecule has 1 aromatic carbocycles. The van der Waals surface area contributed by atoms with E-state index in [0.29, 0.717) is 6.04 Å². The minimum atomic E-state index is 0.581. The van der Waals surface area contributed by atoms with Crippen LogP contribution in [-0.4, -0.2) is 49.6 Å². The van der Waals surface area contributed by atoms with Crippen LogP contribution in [0, 0.1) is 0 Å². The average Bonchev–Trinajstić information content (AvgIpc) is 2.83. The summed E-state index contributed by atoms with van der Waals surface area (Å²) in [4.78, 5) is 4.82. The maximum Gasteiger partial charge on any atom is 0.0419 e. The third-order valence-corrected chi connectivity index (χ3v) is 3.97. The second kappa shape index (κ2) is 6.40. The molecule has 0 amide bonds. The minimum absolute atomic E-state index is 0.581. The lowest BCUT2D eigenvalue weighted by atomic mass is 10.1. The summed E-state index contributed by atoms with van der Waals surface area (Å²) in [7, 11) is 4.29. The molecule has 3 heteroatoms. The van der Waals surface area contributed by atoms with Crippen molar-refractivity contribution in [2.24, 2.45) is 0 Å². The highest BCUT2D eigenvalue weighted by Gasteiger charge is 2.18. The number of rotatable bonds is 6. The van der Waals surface area contributed by atoms with Gasteiger partial charge in [-0.05, 0) is 45.1 Å². The molecule has 0 saturated heterocycles. The molecule has 0 saturated carbocycles. The number of hydrogen-bond acceptors (Lipinski definition) is 3. The predicted octanol–water partition coefficient (Wildman–Crippen LogP) is 2.43. The molecule has 0 bridgehead atoms. The number of para-hydroxylation sites is 1. The highest BCUT2D eigenvalue weighted by Crippen LogP contribution is 2.27. The van der Waals surface area contributed by atoms with Gasteiger partial charge in [-0.25, -0.2) is 0 Å². The SMILES string of the molecule is CCN(Cc1cccc2c1NCC2)C(C)CN(C)C. The molecule has 1 aliphatic rings. The Morgan fingerprint density at radius 2 is 2.11 bits per heavy atom. The standard InChI is InChI=1S/C16H27N3/c1-5-19(13(2)11-18(3)4)12-15-8-6-7-14-9-10-17-16(14)15/h6-8,13,17H,5,9-12H2,1-4H3. The smallest absolute Gasteiger partial charge is 0.0419 e. The summed E-state index contributed by atoms with van der Waals surface area (Å²) in [5.41, 5.74) is 4.31. The lowest BCUT2D eigenvalue weighted by Crippen LogP contribution is -2.39. The van der Waals surface area contributed by atoms with E-state index in [1.165, 1.54) is 23.2 Å². The number of nitrogens with one attached hydrogen (secondary N) is 1. The van der Waals surface area contributed by atoms with Gasteiger partial charge in [-0.2, -0.15) is 0 Å². The van der Waals surface area contributed by atoms with Crippen molar-refractivity contribution in [1.82, 2.24) is 9.80 Å². The Hall–Kier alpha value is -1.06. The molecule has 1 unspecified atom stereocenters. The van der Waals surface area contributed by atoms with Crippen LogP contribution in [0.3, 0.4) is 0 Å². The molecule has 1 N–H and O–H groups in total. The van der Waals surface area contributed by atoms with Gasteiger partial charge in [0.15, 0.2) is 0 Å². The molecule has 19 heavy (non-hydrogen) atoms. The molecule has 1 atom stereocenters. The van der Waals surface area contributed by atoms with Crippen LogP contribution in [0.4, 0.5) is 5.69 Å². The van der Waals surface area contributed by atoms with E-state index in [4.69, 9.17) is 0 Å². The molecule has 0 aliphatic carbocycles. The summed E-state index contributed by atoms with van der Waals surface area (Å²) in [6.07, 6.45) is 1.17. The van der Waals surface area contributed by atoms with Crippen LogP contribution in [0.5, 0.6) is 0 Å². The summed E-state index contributed by atoms with van der Waals surface area (Å²) in [6.45, 7) is 8.91. The predicted molar refractivity (Wildman–Crippen MR) is 82.7 cm³/mol. The molecule has 3 nitrogen and oxygen atoms in total. The van der Waals surface area contributed by atoms with E-state index in [0.717, 1.165) is 26.2 Å². The monoisotopic (exact) mass is 261 g/mol. The zero-order valence-electron chi connectivity index (χ0n) is 12.7. The van der Waals surface area contributed by atoms with Crippen molar-refractivity contribution < 1.29 is 0 Å². The first-order valence-electron chi connectivity index (χ1n) is 7.35. The number of hydrogen-bond donors (Lipinski definition) is 1. The van der Waals surface area contributed by atoms with E-state index in [-0.39, 0.29) is 0 Å². The van der Waals surface area contributed by atoms with E-state index in [1.54, 1.807) is 0 Å². The zero-order chi connectivity index (χ0) is 13.8. The van der Waals surface area contributed by atoms with Crippen molar-refractivity contribution in [3.05, 3.63) is 29.3 Å². The Balaban J connectivity index is 2.08. The van der Waals surface area contributed by atoms with E-state index in [9.17, 15) is 0 Å². The van der Waals surface area contributed by atoms with E-state index in [2.05, 4.69) is 61.3 Å². The van der Waals surface area contributed by atoms with Crippen LogP contribution in [0.15, 0.2) is 18.2 Å². The van der Waals surface area contributed by atoms with E-state index < -0.39 is 0 Å². The molecule has 1 aromatic rings. The van der Waals surface area contributed by atoms with E-state index >= 15 is 0 Å². The van der Waals surface area contributed by atoms with Gasteiger partial charge in [0, 0.05) is 31.4 Å². The summed E-state index contributed by atoms with van der Waals surface area (Å²) < 4.78 is 0. The average molecular weight is 261 g/mol. The first-order chi connectivity index (χ1) is 9.11. The molecular formula is C16H27N3. The van der Waals surface area contributed by atoms with Gasteiger partial charge in [0.1, 0.15) is 0 Å². The lowest BCUT2D eigenvalue weighted by molar-refractivity contribution is 0.174. The fourth-order valence-corrected chi connectivity index (χ4v) is 2.98. The molecule has 0 fully saturated rings. The first kappa shape index (κ1) is 14.4. The Morgan fingerprint density at radius 3 is 2.79 bits per heavy atom. The first-order valence-corrected chi connectivity index (χ1v) is 7.35. The van der Waals surface area contributed by atoms with Crippen LogP contribution >= 0.6 is 0 Å². The van der Waals surface area contributed by atoms with Gasteiger partial charge in [-0.15, -0.1) is 0 Å². The van der Waals surface area contributed by atoms with Gasteiger partial charge in [0.2, 0.25) is 0 Å². The van der Waals surface area contributed by atoms with Gasteiger partial charge < -0.3 is 10.2 Å². The Labute approximate surface area is 117 Å².